The van der Waals surface area contributed by atoms with Crippen LogP contribution in [0, 0.1) is 13.8 Å². The Bertz CT molecular complexity index is 1490. The Morgan fingerprint density at radius 1 is 1.14 bits per heavy atom. The zero-order valence-corrected chi connectivity index (χ0v) is 19.7. The number of methoxy groups -OCH3 is 1. The molecule has 2 N–H and O–H groups in total. The van der Waals surface area contributed by atoms with Crippen LogP contribution in [0.5, 0.6) is 5.75 Å². The molecule has 0 bridgehead atoms. The van der Waals surface area contributed by atoms with Gasteiger partial charge >= 0.3 is 0 Å². The van der Waals surface area contributed by atoms with E-state index in [0.717, 1.165) is 33.2 Å². The van der Waals surface area contributed by atoms with Gasteiger partial charge in [-0.1, -0.05) is 30.3 Å². The molecule has 0 aliphatic carbocycles. The monoisotopic (exact) mass is 467 g/mol. The second kappa shape index (κ2) is 8.76. The van der Waals surface area contributed by atoms with Crippen molar-refractivity contribution in [2.45, 2.75) is 26.4 Å². The van der Waals surface area contributed by atoms with Crippen LogP contribution in [0.15, 0.2) is 72.7 Å². The molecule has 1 unspecified atom stereocenters. The number of H-pyrrole nitrogens is 1. The zero-order chi connectivity index (χ0) is 24.7. The number of benzene rings is 2. The highest BCUT2D eigenvalue weighted by molar-refractivity contribution is 6.46. The van der Waals surface area contributed by atoms with E-state index in [9.17, 15) is 14.7 Å². The molecule has 0 radical (unpaired) electrons. The van der Waals surface area contributed by atoms with Gasteiger partial charge in [0.05, 0.1) is 24.3 Å². The number of rotatable bonds is 5. The fraction of sp³-hybridized carbons (Fsp3) is 0.179. The van der Waals surface area contributed by atoms with Crippen molar-refractivity contribution in [2.24, 2.45) is 0 Å². The number of ether oxygens (including phenoxy) is 1. The number of aliphatic hydroxyl groups excluding tert-OH is 1. The van der Waals surface area contributed by atoms with Gasteiger partial charge in [0, 0.05) is 41.6 Å². The summed E-state index contributed by atoms with van der Waals surface area (Å²) in [5.74, 6) is -1.20. The molecule has 7 nitrogen and oxygen atoms in total. The summed E-state index contributed by atoms with van der Waals surface area (Å²) >= 11 is 0. The summed E-state index contributed by atoms with van der Waals surface area (Å²) < 4.78 is 5.57. The minimum Gasteiger partial charge on any atom is -0.507 e. The molecule has 0 spiro atoms. The molecular weight excluding hydrogens is 442 g/mol. The first-order valence-corrected chi connectivity index (χ1v) is 11.3. The van der Waals surface area contributed by atoms with E-state index in [1.165, 1.54) is 12.0 Å². The van der Waals surface area contributed by atoms with Gasteiger partial charge in [0.1, 0.15) is 11.5 Å². The first kappa shape index (κ1) is 22.4. The maximum absolute atomic E-state index is 13.5. The third-order valence-corrected chi connectivity index (χ3v) is 6.41. The Balaban J connectivity index is 1.76. The number of para-hydroxylation sites is 1. The first-order valence-electron chi connectivity index (χ1n) is 11.3. The number of pyridine rings is 1. The Labute approximate surface area is 202 Å². The average molecular weight is 468 g/mol. The van der Waals surface area contributed by atoms with Gasteiger partial charge in [-0.25, -0.2) is 0 Å². The number of ketones is 1. The number of aliphatic hydroxyl groups is 1. The highest BCUT2D eigenvalue weighted by atomic mass is 16.5. The third kappa shape index (κ3) is 3.75. The van der Waals surface area contributed by atoms with E-state index in [0.29, 0.717) is 11.3 Å². The Hall–Kier alpha value is -4.39. The Morgan fingerprint density at radius 2 is 1.94 bits per heavy atom. The van der Waals surface area contributed by atoms with E-state index in [-0.39, 0.29) is 17.9 Å². The molecule has 2 aromatic carbocycles. The van der Waals surface area contributed by atoms with Crippen LogP contribution < -0.4 is 4.74 Å². The molecule has 1 aliphatic rings. The van der Waals surface area contributed by atoms with Crippen molar-refractivity contribution in [3.63, 3.8) is 0 Å². The average Bonchev–Trinajstić information content (AvgIpc) is 3.38. The van der Waals surface area contributed by atoms with Gasteiger partial charge in [-0.05, 0) is 48.7 Å². The molecule has 1 saturated heterocycles. The summed E-state index contributed by atoms with van der Waals surface area (Å²) in [6, 6.07) is 14.2. The van der Waals surface area contributed by atoms with Crippen molar-refractivity contribution >= 4 is 28.4 Å². The molecule has 3 heterocycles. The Morgan fingerprint density at radius 3 is 2.69 bits per heavy atom. The number of nitrogens with one attached hydrogen (secondary N) is 1. The predicted molar refractivity (Wildman–Crippen MR) is 133 cm³/mol. The van der Waals surface area contributed by atoms with Gasteiger partial charge in [0.15, 0.2) is 0 Å². The van der Waals surface area contributed by atoms with Crippen molar-refractivity contribution in [1.82, 2.24) is 14.9 Å². The Kier molecular flexibility index (Phi) is 5.61. The number of carbonyl (C=O) groups is 2. The summed E-state index contributed by atoms with van der Waals surface area (Å²) in [7, 11) is 1.52. The van der Waals surface area contributed by atoms with Crippen LogP contribution in [0.25, 0.3) is 16.7 Å². The molecule has 35 heavy (non-hydrogen) atoms. The number of likely N-dealkylation sites (tertiary alicyclic amines) is 1. The maximum atomic E-state index is 13.5. The minimum absolute atomic E-state index is 0.0342. The first-order chi connectivity index (χ1) is 16.9. The van der Waals surface area contributed by atoms with E-state index in [4.69, 9.17) is 4.74 Å². The van der Waals surface area contributed by atoms with Crippen LogP contribution in [-0.4, -0.2) is 38.8 Å². The molecule has 7 heteroatoms. The van der Waals surface area contributed by atoms with Crippen LogP contribution in [0.2, 0.25) is 0 Å². The number of Topliss-reactive ketones (excluding diaryl/α,β-unsaturated/α-hetero) is 1. The highest BCUT2D eigenvalue weighted by Gasteiger charge is 2.47. The number of aromatic amines is 1. The largest absolute Gasteiger partial charge is 0.507 e. The van der Waals surface area contributed by atoms with E-state index >= 15 is 0 Å². The number of fused-ring (bicyclic) bond motifs is 1. The van der Waals surface area contributed by atoms with Gasteiger partial charge < -0.3 is 19.7 Å². The number of amides is 1. The third-order valence-electron chi connectivity index (χ3n) is 6.41. The number of aromatic nitrogens is 2. The second-order valence-electron chi connectivity index (χ2n) is 8.74. The molecule has 1 aliphatic heterocycles. The number of hydrogen-bond donors (Lipinski definition) is 2. The van der Waals surface area contributed by atoms with E-state index in [1.54, 1.807) is 30.7 Å². The normalized spacial score (nSPS) is 17.3. The molecular formula is C28H25N3O4. The summed E-state index contributed by atoms with van der Waals surface area (Å²) in [5, 5.41) is 12.4. The lowest BCUT2D eigenvalue weighted by molar-refractivity contribution is -0.140. The molecule has 4 aromatic rings. The van der Waals surface area contributed by atoms with Gasteiger partial charge in [-0.15, -0.1) is 0 Å². The molecule has 0 saturated carbocycles. The van der Waals surface area contributed by atoms with Crippen LogP contribution in [0.3, 0.4) is 0 Å². The predicted octanol–water partition coefficient (Wildman–Crippen LogP) is 4.81. The summed E-state index contributed by atoms with van der Waals surface area (Å²) in [6.45, 7) is 3.95. The van der Waals surface area contributed by atoms with Gasteiger partial charge in [-0.3, -0.25) is 14.6 Å². The minimum atomic E-state index is -0.795. The number of hydrogen-bond acceptors (Lipinski definition) is 5. The van der Waals surface area contributed by atoms with Crippen molar-refractivity contribution < 1.29 is 19.4 Å². The van der Waals surface area contributed by atoms with E-state index in [1.807, 2.05) is 50.2 Å². The van der Waals surface area contributed by atoms with Gasteiger partial charge in [0.2, 0.25) is 0 Å². The molecule has 2 aromatic heterocycles. The quantitative estimate of drug-likeness (QED) is 0.250. The van der Waals surface area contributed by atoms with Crippen molar-refractivity contribution in [3.8, 4) is 5.75 Å². The van der Waals surface area contributed by atoms with Crippen molar-refractivity contribution in [2.75, 3.05) is 7.11 Å². The van der Waals surface area contributed by atoms with Gasteiger partial charge in [-0.2, -0.15) is 0 Å². The fourth-order valence-corrected chi connectivity index (χ4v) is 4.92. The molecule has 176 valence electrons. The lowest BCUT2D eigenvalue weighted by atomic mass is 9.93. The zero-order valence-electron chi connectivity index (χ0n) is 19.7. The number of carbonyl (C=O) groups excluding carboxylic acids is 2. The van der Waals surface area contributed by atoms with Gasteiger partial charge in [0.25, 0.3) is 11.7 Å². The van der Waals surface area contributed by atoms with E-state index < -0.39 is 17.7 Å². The second-order valence-corrected chi connectivity index (χ2v) is 8.74. The molecule has 1 fully saturated rings. The van der Waals surface area contributed by atoms with Crippen molar-refractivity contribution in [1.29, 1.82) is 0 Å². The van der Waals surface area contributed by atoms with E-state index in [2.05, 4.69) is 9.97 Å². The van der Waals surface area contributed by atoms with Crippen LogP contribution >= 0.6 is 0 Å². The lowest BCUT2D eigenvalue weighted by Crippen LogP contribution is -2.29. The van der Waals surface area contributed by atoms with Crippen LogP contribution in [0.1, 0.15) is 33.9 Å². The standard InChI is InChI=1S/C28H25N3O4/c1-16-11-17(2)27(35-3)20(12-16)25(32)23-24(21-14-30-22-9-5-4-8-19(21)22)31(28(34)26(23)33)15-18-7-6-10-29-13-18/h4-14,24,30,32H,15H2,1-3H3/b25-23+. The fourth-order valence-electron chi connectivity index (χ4n) is 4.92. The summed E-state index contributed by atoms with van der Waals surface area (Å²) in [6.07, 6.45) is 5.11. The van der Waals surface area contributed by atoms with Crippen LogP contribution in [0.4, 0.5) is 0 Å². The molecule has 1 amide bonds. The molecule has 5 rings (SSSR count). The number of nitrogens with zero attached hydrogens (tertiary/aromatic N) is 2. The summed E-state index contributed by atoms with van der Waals surface area (Å²) in [4.78, 5) is 35.7. The maximum Gasteiger partial charge on any atom is 0.295 e. The smallest absolute Gasteiger partial charge is 0.295 e. The molecule has 1 atom stereocenters. The summed E-state index contributed by atoms with van der Waals surface area (Å²) in [5.41, 5.74) is 4.52. The number of aryl methyl sites for hydroxylation is 2. The SMILES string of the molecule is COc1c(C)cc(C)cc1/C(O)=C1\C(=O)C(=O)N(Cc2cccnc2)C1c1c[nH]c2ccccc12. The van der Waals surface area contributed by atoms with Crippen molar-refractivity contribution in [3.05, 3.63) is 101 Å². The van der Waals surface area contributed by atoms with Crippen LogP contribution in [-0.2, 0) is 16.1 Å². The highest BCUT2D eigenvalue weighted by Crippen LogP contribution is 2.44. The topological polar surface area (TPSA) is 95.5 Å². The lowest BCUT2D eigenvalue weighted by Gasteiger charge is -2.25.